The molecule has 1 aliphatic rings. The SMILES string of the molecule is Cc1cc(CNC(=O)c2cc(C(=O)N[C@H]3CCc4cc(-c5noc(=O)[nH]5)ccc43)n3nccc3n2)ccc1F. The number of halogens is 1. The van der Waals surface area contributed by atoms with E-state index in [9.17, 15) is 18.8 Å². The first kappa shape index (κ1) is 24.2. The number of fused-ring (bicyclic) bond motifs is 2. The van der Waals surface area contributed by atoms with Gasteiger partial charge in [-0.1, -0.05) is 29.4 Å². The van der Waals surface area contributed by atoms with Crippen molar-refractivity contribution in [2.45, 2.75) is 32.4 Å². The lowest BCUT2D eigenvalue weighted by molar-refractivity contribution is 0.0929. The van der Waals surface area contributed by atoms with E-state index in [2.05, 4.69) is 35.4 Å². The Bertz CT molecular complexity index is 1810. The lowest BCUT2D eigenvalue weighted by atomic mass is 10.0. The van der Waals surface area contributed by atoms with E-state index in [1.165, 1.54) is 22.8 Å². The van der Waals surface area contributed by atoms with Crippen LogP contribution in [0.4, 0.5) is 4.39 Å². The number of H-pyrrole nitrogens is 1. The molecule has 0 fully saturated rings. The molecule has 6 rings (SSSR count). The van der Waals surface area contributed by atoms with Crippen molar-refractivity contribution < 1.29 is 18.5 Å². The summed E-state index contributed by atoms with van der Waals surface area (Å²) in [7, 11) is 0. The van der Waals surface area contributed by atoms with E-state index in [1.54, 1.807) is 31.2 Å². The summed E-state index contributed by atoms with van der Waals surface area (Å²) in [6.07, 6.45) is 2.90. The normalized spacial score (nSPS) is 14.4. The Labute approximate surface area is 220 Å². The largest absolute Gasteiger partial charge is 0.439 e. The molecule has 0 saturated heterocycles. The number of carbonyl (C=O) groups is 2. The highest BCUT2D eigenvalue weighted by Crippen LogP contribution is 2.33. The average Bonchev–Trinajstić information content (AvgIpc) is 3.68. The molecule has 196 valence electrons. The Morgan fingerprint density at radius 1 is 1.15 bits per heavy atom. The first-order chi connectivity index (χ1) is 18.9. The van der Waals surface area contributed by atoms with Gasteiger partial charge >= 0.3 is 5.76 Å². The molecule has 0 spiro atoms. The van der Waals surface area contributed by atoms with Crippen molar-refractivity contribution in [2.75, 3.05) is 0 Å². The van der Waals surface area contributed by atoms with Gasteiger partial charge in [0.2, 0.25) is 0 Å². The lowest BCUT2D eigenvalue weighted by Gasteiger charge is -2.15. The zero-order chi connectivity index (χ0) is 27.1. The summed E-state index contributed by atoms with van der Waals surface area (Å²) < 4.78 is 19.5. The van der Waals surface area contributed by atoms with Crippen molar-refractivity contribution in [3.05, 3.63) is 105 Å². The quantitative estimate of drug-likeness (QED) is 0.308. The van der Waals surface area contributed by atoms with Crippen LogP contribution in [0.1, 0.15) is 55.7 Å². The number of aromatic nitrogens is 5. The van der Waals surface area contributed by atoms with Crippen molar-refractivity contribution >= 4 is 17.5 Å². The number of hydrogen-bond donors (Lipinski definition) is 3. The number of aromatic amines is 1. The fourth-order valence-corrected chi connectivity index (χ4v) is 4.78. The molecule has 1 atom stereocenters. The minimum atomic E-state index is -0.628. The summed E-state index contributed by atoms with van der Waals surface area (Å²) in [5, 5.41) is 13.7. The zero-order valence-electron chi connectivity index (χ0n) is 20.7. The smallest absolute Gasteiger partial charge is 0.347 e. The maximum absolute atomic E-state index is 13.6. The van der Waals surface area contributed by atoms with Crippen LogP contribution in [0, 0.1) is 12.7 Å². The van der Waals surface area contributed by atoms with Gasteiger partial charge in [0, 0.05) is 24.2 Å². The van der Waals surface area contributed by atoms with Crippen LogP contribution in [-0.4, -0.2) is 36.6 Å². The summed E-state index contributed by atoms with van der Waals surface area (Å²) in [5.74, 6) is -1.48. The molecule has 5 aromatic rings. The van der Waals surface area contributed by atoms with E-state index in [0.717, 1.165) is 23.1 Å². The zero-order valence-corrected chi connectivity index (χ0v) is 20.7. The summed E-state index contributed by atoms with van der Waals surface area (Å²) in [6.45, 7) is 1.83. The monoisotopic (exact) mass is 527 g/mol. The molecule has 2 aromatic carbocycles. The minimum Gasteiger partial charge on any atom is -0.347 e. The third-order valence-corrected chi connectivity index (χ3v) is 6.74. The molecule has 3 heterocycles. The Morgan fingerprint density at radius 3 is 2.82 bits per heavy atom. The summed E-state index contributed by atoms with van der Waals surface area (Å²) >= 11 is 0. The minimum absolute atomic E-state index is 0.0602. The van der Waals surface area contributed by atoms with Crippen LogP contribution in [0.3, 0.4) is 0 Å². The number of nitrogens with one attached hydrogen (secondary N) is 3. The average molecular weight is 528 g/mol. The third-order valence-electron chi connectivity index (χ3n) is 6.74. The van der Waals surface area contributed by atoms with Gasteiger partial charge in [-0.15, -0.1) is 0 Å². The van der Waals surface area contributed by atoms with Gasteiger partial charge < -0.3 is 10.6 Å². The number of amides is 2. The standard InChI is InChI=1S/C27H22FN7O4/c1-14-10-15(2-6-19(14)28)13-29-25(36)21-12-22(35-23(31-21)8-9-30-35)26(37)32-20-7-4-16-11-17(3-5-18(16)20)24-33-27(38)39-34-24/h2-3,5-6,8-12,20H,4,7,13H2,1H3,(H,29,36)(H,32,37)(H,33,34,38)/t20-/m0/s1. The first-order valence-corrected chi connectivity index (χ1v) is 12.2. The molecular formula is C27H22FN7O4. The van der Waals surface area contributed by atoms with E-state index < -0.39 is 17.6 Å². The van der Waals surface area contributed by atoms with E-state index in [4.69, 9.17) is 0 Å². The van der Waals surface area contributed by atoms with E-state index >= 15 is 0 Å². The van der Waals surface area contributed by atoms with Crippen molar-refractivity contribution in [3.8, 4) is 11.4 Å². The lowest BCUT2D eigenvalue weighted by Crippen LogP contribution is -2.30. The summed E-state index contributed by atoms with van der Waals surface area (Å²) in [6, 6.07) is 13.0. The predicted octanol–water partition coefficient (Wildman–Crippen LogP) is 2.87. The Balaban J connectivity index is 1.21. The molecule has 0 radical (unpaired) electrons. The molecule has 3 aromatic heterocycles. The van der Waals surface area contributed by atoms with Gasteiger partial charge in [0.05, 0.1) is 12.2 Å². The number of carbonyl (C=O) groups excluding carboxylic acids is 2. The fourth-order valence-electron chi connectivity index (χ4n) is 4.78. The second-order valence-electron chi connectivity index (χ2n) is 9.32. The molecule has 39 heavy (non-hydrogen) atoms. The predicted molar refractivity (Wildman–Crippen MR) is 136 cm³/mol. The van der Waals surface area contributed by atoms with Gasteiger partial charge in [0.1, 0.15) is 17.2 Å². The van der Waals surface area contributed by atoms with Gasteiger partial charge in [0.25, 0.3) is 11.8 Å². The van der Waals surface area contributed by atoms with E-state index in [1.807, 2.05) is 12.1 Å². The molecule has 1 aliphatic carbocycles. The first-order valence-electron chi connectivity index (χ1n) is 12.2. The molecule has 0 unspecified atom stereocenters. The van der Waals surface area contributed by atoms with Crippen LogP contribution < -0.4 is 16.4 Å². The fraction of sp³-hybridized carbons (Fsp3) is 0.185. The maximum atomic E-state index is 13.6. The van der Waals surface area contributed by atoms with Crippen molar-refractivity contribution in [1.29, 1.82) is 0 Å². The highest BCUT2D eigenvalue weighted by molar-refractivity contribution is 5.98. The topological polar surface area (TPSA) is 147 Å². The third kappa shape index (κ3) is 4.67. The number of rotatable bonds is 6. The van der Waals surface area contributed by atoms with Gasteiger partial charge in [-0.2, -0.15) is 5.10 Å². The Morgan fingerprint density at radius 2 is 2.03 bits per heavy atom. The highest BCUT2D eigenvalue weighted by atomic mass is 19.1. The van der Waals surface area contributed by atoms with E-state index in [-0.39, 0.29) is 29.8 Å². The summed E-state index contributed by atoms with van der Waals surface area (Å²) in [4.78, 5) is 44.5. The van der Waals surface area contributed by atoms with Crippen molar-refractivity contribution in [3.63, 3.8) is 0 Å². The number of aryl methyl sites for hydroxylation is 2. The maximum Gasteiger partial charge on any atom is 0.439 e. The second-order valence-corrected chi connectivity index (χ2v) is 9.32. The highest BCUT2D eigenvalue weighted by Gasteiger charge is 2.27. The Hall–Kier alpha value is -5.13. The van der Waals surface area contributed by atoms with Crippen molar-refractivity contribution in [2.24, 2.45) is 0 Å². The molecule has 0 saturated carbocycles. The molecule has 11 nitrogen and oxygen atoms in total. The van der Waals surface area contributed by atoms with Crippen LogP contribution in [0.2, 0.25) is 0 Å². The number of hydrogen-bond acceptors (Lipinski definition) is 7. The second kappa shape index (κ2) is 9.63. The molecule has 0 aliphatic heterocycles. The molecule has 2 amide bonds. The van der Waals surface area contributed by atoms with Crippen molar-refractivity contribution in [1.82, 2.24) is 35.4 Å². The Kier molecular flexibility index (Phi) is 5.98. The molecule has 3 N–H and O–H groups in total. The van der Waals surface area contributed by atoms with Crippen LogP contribution in [-0.2, 0) is 13.0 Å². The molecule has 12 heteroatoms. The summed E-state index contributed by atoms with van der Waals surface area (Å²) in [5.41, 5.74) is 4.49. The van der Waals surface area contributed by atoms with Gasteiger partial charge in [-0.25, -0.2) is 18.7 Å². The van der Waals surface area contributed by atoms with Crippen LogP contribution >= 0.6 is 0 Å². The van der Waals surface area contributed by atoms with Crippen LogP contribution in [0.15, 0.2) is 64.0 Å². The molecule has 0 bridgehead atoms. The van der Waals surface area contributed by atoms with E-state index in [0.29, 0.717) is 29.0 Å². The number of nitrogens with zero attached hydrogens (tertiary/aromatic N) is 4. The van der Waals surface area contributed by atoms with Crippen LogP contribution in [0.5, 0.6) is 0 Å². The van der Waals surface area contributed by atoms with Gasteiger partial charge in [0.15, 0.2) is 11.5 Å². The molecular weight excluding hydrogens is 505 g/mol. The van der Waals surface area contributed by atoms with Crippen LogP contribution in [0.25, 0.3) is 17.0 Å². The number of benzene rings is 2. The van der Waals surface area contributed by atoms with Gasteiger partial charge in [-0.3, -0.25) is 19.1 Å². The van der Waals surface area contributed by atoms with Gasteiger partial charge in [-0.05, 0) is 54.2 Å².